The van der Waals surface area contributed by atoms with E-state index in [2.05, 4.69) is 10.3 Å². The summed E-state index contributed by atoms with van der Waals surface area (Å²) >= 11 is 0. The van der Waals surface area contributed by atoms with Crippen molar-refractivity contribution < 1.29 is 23.9 Å². The largest absolute Gasteiger partial charge is 0.491 e. The first kappa shape index (κ1) is 26.2. The molecule has 3 atom stereocenters. The molecule has 0 spiro atoms. The molecule has 0 saturated heterocycles. The van der Waals surface area contributed by atoms with Gasteiger partial charge in [0.1, 0.15) is 12.4 Å². The lowest BCUT2D eigenvalue weighted by Gasteiger charge is -2.36. The first-order valence-corrected chi connectivity index (χ1v) is 11.8. The number of anilines is 1. The van der Waals surface area contributed by atoms with Crippen LogP contribution in [0.25, 0.3) is 0 Å². The number of nitrogens with one attached hydrogen (secondary N) is 1. The number of hydrogen-bond acceptors (Lipinski definition) is 6. The lowest BCUT2D eigenvalue weighted by Crippen LogP contribution is -2.48. The molecule has 188 valence electrons. The van der Waals surface area contributed by atoms with Crippen LogP contribution in [0.1, 0.15) is 47.9 Å². The smallest absolute Gasteiger partial charge is 0.257 e. The van der Waals surface area contributed by atoms with Gasteiger partial charge in [0.2, 0.25) is 5.91 Å². The number of likely N-dealkylation sites (N-methyl/N-ethyl adjacent to an activating group) is 1. The molecular weight excluding hydrogens is 448 g/mol. The standard InChI is InChI=1S/C26H34N4O5/c1-6-24(31)28-20-7-8-22-21(13-20)26(33)29(4)15-23(34-5)17(2)14-30(18(3)16-35-22)25(32)19-9-11-27-12-10-19/h7-13,17-18,23H,6,14-16H2,1-5H3,(H,28,31)/t17-,18-,23-/m1/s1. The normalized spacial score (nSPS) is 21.3. The number of pyridine rings is 1. The van der Waals surface area contributed by atoms with Crippen LogP contribution in [-0.4, -0.2) is 78.5 Å². The van der Waals surface area contributed by atoms with E-state index in [0.717, 1.165) is 0 Å². The maximum Gasteiger partial charge on any atom is 0.257 e. The van der Waals surface area contributed by atoms with Crippen molar-refractivity contribution in [1.82, 2.24) is 14.8 Å². The van der Waals surface area contributed by atoms with Crippen LogP contribution in [0.3, 0.4) is 0 Å². The number of benzene rings is 1. The Labute approximate surface area is 206 Å². The Kier molecular flexibility index (Phi) is 8.81. The van der Waals surface area contributed by atoms with Crippen LogP contribution in [0.5, 0.6) is 5.75 Å². The number of rotatable bonds is 4. The molecule has 2 heterocycles. The highest BCUT2D eigenvalue weighted by Gasteiger charge is 2.31. The van der Waals surface area contributed by atoms with E-state index in [-0.39, 0.29) is 42.4 Å². The second kappa shape index (κ2) is 11.8. The molecule has 9 nitrogen and oxygen atoms in total. The molecule has 0 radical (unpaired) electrons. The van der Waals surface area contributed by atoms with Crippen LogP contribution in [-0.2, 0) is 9.53 Å². The number of methoxy groups -OCH3 is 1. The van der Waals surface area contributed by atoms with E-state index in [9.17, 15) is 14.4 Å². The highest BCUT2D eigenvalue weighted by molar-refractivity contribution is 5.99. The molecule has 0 aliphatic carbocycles. The van der Waals surface area contributed by atoms with Gasteiger partial charge in [-0.3, -0.25) is 19.4 Å². The summed E-state index contributed by atoms with van der Waals surface area (Å²) in [6.45, 7) is 6.63. The van der Waals surface area contributed by atoms with Gasteiger partial charge >= 0.3 is 0 Å². The Bertz CT molecular complexity index is 1050. The van der Waals surface area contributed by atoms with Crippen LogP contribution in [0, 0.1) is 5.92 Å². The van der Waals surface area contributed by atoms with Gasteiger partial charge in [-0.05, 0) is 37.3 Å². The molecule has 0 bridgehead atoms. The van der Waals surface area contributed by atoms with Gasteiger partial charge < -0.3 is 24.6 Å². The Hall–Kier alpha value is -3.46. The summed E-state index contributed by atoms with van der Waals surface area (Å²) in [5.74, 6) is -0.170. The van der Waals surface area contributed by atoms with Crippen molar-refractivity contribution >= 4 is 23.4 Å². The van der Waals surface area contributed by atoms with Gasteiger partial charge in [0.05, 0.1) is 17.7 Å². The van der Waals surface area contributed by atoms with Gasteiger partial charge in [0.15, 0.2) is 0 Å². The summed E-state index contributed by atoms with van der Waals surface area (Å²) in [5.41, 5.74) is 1.40. The van der Waals surface area contributed by atoms with Crippen LogP contribution in [0.15, 0.2) is 42.7 Å². The third-order valence-electron chi connectivity index (χ3n) is 6.24. The predicted octanol–water partition coefficient (Wildman–Crippen LogP) is 3.08. The molecular formula is C26H34N4O5. The monoisotopic (exact) mass is 482 g/mol. The van der Waals surface area contributed by atoms with E-state index in [1.54, 1.807) is 73.6 Å². The van der Waals surface area contributed by atoms with E-state index in [1.165, 1.54) is 0 Å². The molecule has 0 unspecified atom stereocenters. The third-order valence-corrected chi connectivity index (χ3v) is 6.24. The zero-order valence-corrected chi connectivity index (χ0v) is 21.0. The van der Waals surface area contributed by atoms with Gasteiger partial charge in [0, 0.05) is 63.2 Å². The fourth-order valence-corrected chi connectivity index (χ4v) is 4.05. The van der Waals surface area contributed by atoms with Crippen LogP contribution >= 0.6 is 0 Å². The molecule has 0 fully saturated rings. The molecule has 1 N–H and O–H groups in total. The van der Waals surface area contributed by atoms with Crippen molar-refractivity contribution in [3.8, 4) is 5.75 Å². The Morgan fingerprint density at radius 3 is 2.54 bits per heavy atom. The molecule has 35 heavy (non-hydrogen) atoms. The molecule has 1 aromatic heterocycles. The maximum absolute atomic E-state index is 13.4. The van der Waals surface area contributed by atoms with Crippen LogP contribution in [0.4, 0.5) is 5.69 Å². The van der Waals surface area contributed by atoms with E-state index in [0.29, 0.717) is 42.1 Å². The molecule has 2 aromatic rings. The quantitative estimate of drug-likeness (QED) is 0.719. The number of carbonyl (C=O) groups is 3. The van der Waals surface area contributed by atoms with Crippen molar-refractivity contribution in [1.29, 1.82) is 0 Å². The lowest BCUT2D eigenvalue weighted by atomic mass is 10.0. The number of nitrogens with zero attached hydrogens (tertiary/aromatic N) is 3. The first-order chi connectivity index (χ1) is 16.7. The summed E-state index contributed by atoms with van der Waals surface area (Å²) in [6.07, 6.45) is 3.22. The average molecular weight is 483 g/mol. The number of ether oxygens (including phenoxy) is 2. The molecule has 3 amide bonds. The Morgan fingerprint density at radius 2 is 1.89 bits per heavy atom. The highest BCUT2D eigenvalue weighted by Crippen LogP contribution is 2.27. The third kappa shape index (κ3) is 6.36. The topological polar surface area (TPSA) is 101 Å². The maximum atomic E-state index is 13.4. The fourth-order valence-electron chi connectivity index (χ4n) is 4.05. The zero-order valence-electron chi connectivity index (χ0n) is 21.0. The lowest BCUT2D eigenvalue weighted by molar-refractivity contribution is -0.115. The second-order valence-corrected chi connectivity index (χ2v) is 8.90. The summed E-state index contributed by atoms with van der Waals surface area (Å²) in [4.78, 5) is 46.0. The van der Waals surface area contributed by atoms with Gasteiger partial charge in [-0.15, -0.1) is 0 Å². The second-order valence-electron chi connectivity index (χ2n) is 8.90. The molecule has 1 aliphatic rings. The number of aromatic nitrogens is 1. The minimum atomic E-state index is -0.296. The van der Waals surface area contributed by atoms with E-state index in [4.69, 9.17) is 9.47 Å². The van der Waals surface area contributed by atoms with Crippen LogP contribution in [0.2, 0.25) is 0 Å². The first-order valence-electron chi connectivity index (χ1n) is 11.8. The van der Waals surface area contributed by atoms with Gasteiger partial charge in [0.25, 0.3) is 11.8 Å². The number of amides is 3. The zero-order chi connectivity index (χ0) is 25.5. The summed E-state index contributed by atoms with van der Waals surface area (Å²) in [5, 5.41) is 2.79. The van der Waals surface area contributed by atoms with Crippen LogP contribution < -0.4 is 10.1 Å². The minimum Gasteiger partial charge on any atom is -0.491 e. The summed E-state index contributed by atoms with van der Waals surface area (Å²) in [6, 6.07) is 8.11. The van der Waals surface area contributed by atoms with Crippen molar-refractivity contribution in [3.05, 3.63) is 53.9 Å². The fraction of sp³-hybridized carbons (Fsp3) is 0.462. The number of hydrogen-bond donors (Lipinski definition) is 1. The van der Waals surface area contributed by atoms with Gasteiger partial charge in [-0.2, -0.15) is 0 Å². The van der Waals surface area contributed by atoms with E-state index < -0.39 is 0 Å². The van der Waals surface area contributed by atoms with E-state index in [1.807, 2.05) is 13.8 Å². The molecule has 1 aliphatic heterocycles. The minimum absolute atomic E-state index is 0.0578. The van der Waals surface area contributed by atoms with Crippen molar-refractivity contribution in [3.63, 3.8) is 0 Å². The highest BCUT2D eigenvalue weighted by atomic mass is 16.5. The SMILES string of the molecule is CCC(=O)Nc1ccc2c(c1)C(=O)N(C)C[C@@H](OC)[C@H](C)CN(C(=O)c1ccncc1)[C@H](C)CO2. The molecule has 1 aromatic carbocycles. The average Bonchev–Trinajstić information content (AvgIpc) is 2.88. The van der Waals surface area contributed by atoms with E-state index >= 15 is 0 Å². The molecule has 0 saturated carbocycles. The van der Waals surface area contributed by atoms with Crippen molar-refractivity contribution in [2.75, 3.05) is 39.2 Å². The molecule has 3 rings (SSSR count). The van der Waals surface area contributed by atoms with Crippen molar-refractivity contribution in [2.24, 2.45) is 5.92 Å². The number of carbonyl (C=O) groups excluding carboxylic acids is 3. The molecule has 9 heteroatoms. The number of fused-ring (bicyclic) bond motifs is 1. The van der Waals surface area contributed by atoms with Crippen molar-refractivity contribution in [2.45, 2.75) is 39.3 Å². The van der Waals surface area contributed by atoms with Gasteiger partial charge in [-0.25, -0.2) is 0 Å². The summed E-state index contributed by atoms with van der Waals surface area (Å²) in [7, 11) is 3.32. The Balaban J connectivity index is 1.98. The Morgan fingerprint density at radius 1 is 1.17 bits per heavy atom. The predicted molar refractivity (Wildman–Crippen MR) is 133 cm³/mol. The summed E-state index contributed by atoms with van der Waals surface area (Å²) < 4.78 is 11.8. The van der Waals surface area contributed by atoms with Gasteiger partial charge in [-0.1, -0.05) is 13.8 Å².